The van der Waals surface area contributed by atoms with Crippen molar-refractivity contribution in [3.8, 4) is 6.07 Å². The number of amides is 1. The molecule has 1 amide bonds. The summed E-state index contributed by atoms with van der Waals surface area (Å²) >= 11 is 1.43. The molecule has 1 N–H and O–H groups in total. The van der Waals surface area contributed by atoms with Crippen LogP contribution in [0.4, 0.5) is 10.7 Å². The van der Waals surface area contributed by atoms with Gasteiger partial charge in [-0.15, -0.1) is 11.3 Å². The monoisotopic (exact) mass is 329 g/mol. The molecule has 7 heteroatoms. The molecule has 6 nitrogen and oxygen atoms in total. The van der Waals surface area contributed by atoms with Crippen molar-refractivity contribution < 1.29 is 4.79 Å². The molecule has 2 aromatic rings. The summed E-state index contributed by atoms with van der Waals surface area (Å²) in [5.74, 6) is 0.00691. The highest BCUT2D eigenvalue weighted by atomic mass is 32.1. The van der Waals surface area contributed by atoms with Gasteiger partial charge in [0.05, 0.1) is 23.0 Å². The summed E-state index contributed by atoms with van der Waals surface area (Å²) in [6, 6.07) is 3.62. The van der Waals surface area contributed by atoms with E-state index in [2.05, 4.69) is 37.3 Å². The van der Waals surface area contributed by atoms with E-state index in [0.717, 1.165) is 10.7 Å². The summed E-state index contributed by atoms with van der Waals surface area (Å²) in [5, 5.41) is 19.3. The van der Waals surface area contributed by atoms with Gasteiger partial charge in [-0.25, -0.2) is 0 Å². The molecular formula is C16H19N5OS. The lowest BCUT2D eigenvalue weighted by atomic mass is 10.1. The Labute approximate surface area is 139 Å². The molecule has 3 rings (SSSR count). The Balaban J connectivity index is 1.73. The third-order valence-corrected chi connectivity index (χ3v) is 4.76. The average Bonchev–Trinajstić information content (AvgIpc) is 3.19. The molecule has 1 atom stereocenters. The SMILES string of the molecule is CC(C)(C)n1cc(NC2CCN(c3sccc3C#N)C2=O)cn1. The third-order valence-electron chi connectivity index (χ3n) is 3.83. The number of thiophene rings is 1. The lowest BCUT2D eigenvalue weighted by Crippen LogP contribution is -2.33. The summed E-state index contributed by atoms with van der Waals surface area (Å²) < 4.78 is 1.87. The first kappa shape index (κ1) is 15.6. The molecule has 1 saturated heterocycles. The third kappa shape index (κ3) is 2.94. The molecule has 1 aliphatic rings. The zero-order chi connectivity index (χ0) is 16.6. The first-order chi connectivity index (χ1) is 10.9. The maximum absolute atomic E-state index is 12.6. The highest BCUT2D eigenvalue weighted by Gasteiger charge is 2.34. The van der Waals surface area contributed by atoms with Crippen LogP contribution in [0.5, 0.6) is 0 Å². The molecule has 0 aliphatic carbocycles. The second-order valence-corrected chi connectivity index (χ2v) is 7.47. The van der Waals surface area contributed by atoms with Crippen LogP contribution < -0.4 is 10.2 Å². The van der Waals surface area contributed by atoms with Crippen LogP contribution in [0.15, 0.2) is 23.8 Å². The Morgan fingerprint density at radius 2 is 2.26 bits per heavy atom. The van der Waals surface area contributed by atoms with Crippen LogP contribution in [0.2, 0.25) is 0 Å². The van der Waals surface area contributed by atoms with Gasteiger partial charge in [0.15, 0.2) is 0 Å². The summed E-state index contributed by atoms with van der Waals surface area (Å²) in [4.78, 5) is 14.3. The fourth-order valence-electron chi connectivity index (χ4n) is 2.58. The van der Waals surface area contributed by atoms with Crippen LogP contribution in [0.25, 0.3) is 0 Å². The lowest BCUT2D eigenvalue weighted by Gasteiger charge is -2.19. The predicted octanol–water partition coefficient (Wildman–Crippen LogP) is 2.79. The maximum atomic E-state index is 12.6. The van der Waals surface area contributed by atoms with Gasteiger partial charge in [-0.05, 0) is 38.6 Å². The minimum absolute atomic E-state index is 0.00691. The van der Waals surface area contributed by atoms with Crippen molar-refractivity contribution in [1.82, 2.24) is 9.78 Å². The van der Waals surface area contributed by atoms with Crippen LogP contribution in [-0.4, -0.2) is 28.3 Å². The van der Waals surface area contributed by atoms with E-state index < -0.39 is 0 Å². The van der Waals surface area contributed by atoms with E-state index in [4.69, 9.17) is 5.26 Å². The van der Waals surface area contributed by atoms with Crippen LogP contribution in [0, 0.1) is 11.3 Å². The molecule has 0 spiro atoms. The Morgan fingerprint density at radius 1 is 1.48 bits per heavy atom. The Hall–Kier alpha value is -2.33. The van der Waals surface area contributed by atoms with Crippen molar-refractivity contribution in [3.05, 3.63) is 29.4 Å². The van der Waals surface area contributed by atoms with E-state index >= 15 is 0 Å². The first-order valence-corrected chi connectivity index (χ1v) is 8.39. The van der Waals surface area contributed by atoms with Gasteiger partial charge >= 0.3 is 0 Å². The molecule has 23 heavy (non-hydrogen) atoms. The van der Waals surface area contributed by atoms with E-state index in [1.165, 1.54) is 11.3 Å². The van der Waals surface area contributed by atoms with Crippen molar-refractivity contribution in [1.29, 1.82) is 5.26 Å². The van der Waals surface area contributed by atoms with Gasteiger partial charge in [-0.3, -0.25) is 9.48 Å². The average molecular weight is 329 g/mol. The molecule has 0 saturated carbocycles. The second-order valence-electron chi connectivity index (χ2n) is 6.57. The van der Waals surface area contributed by atoms with Crippen LogP contribution in [0.3, 0.4) is 0 Å². The molecule has 1 unspecified atom stereocenters. The summed E-state index contributed by atoms with van der Waals surface area (Å²) in [7, 11) is 0. The number of hydrogen-bond donors (Lipinski definition) is 1. The van der Waals surface area contributed by atoms with Crippen LogP contribution in [0.1, 0.15) is 32.8 Å². The molecule has 0 bridgehead atoms. The van der Waals surface area contributed by atoms with Gasteiger partial charge in [0, 0.05) is 12.7 Å². The zero-order valence-corrected chi connectivity index (χ0v) is 14.2. The number of carbonyl (C=O) groups excluding carboxylic acids is 1. The number of anilines is 2. The standard InChI is InChI=1S/C16H19N5OS/c1-16(2,3)21-10-12(9-18-21)19-13-4-6-20(14(13)22)15-11(8-17)5-7-23-15/h5,7,9-10,13,19H,4,6H2,1-3H3. The van der Waals surface area contributed by atoms with Crippen molar-refractivity contribution in [2.75, 3.05) is 16.8 Å². The lowest BCUT2D eigenvalue weighted by molar-refractivity contribution is -0.117. The minimum atomic E-state index is -0.277. The van der Waals surface area contributed by atoms with E-state index in [-0.39, 0.29) is 17.5 Å². The number of nitrogens with zero attached hydrogens (tertiary/aromatic N) is 4. The van der Waals surface area contributed by atoms with Gasteiger partial charge in [-0.2, -0.15) is 10.4 Å². The summed E-state index contributed by atoms with van der Waals surface area (Å²) in [6.45, 7) is 6.85. The van der Waals surface area contributed by atoms with Gasteiger partial charge in [0.1, 0.15) is 17.1 Å². The van der Waals surface area contributed by atoms with Crippen molar-refractivity contribution >= 4 is 27.9 Å². The Bertz CT molecular complexity index is 764. The quantitative estimate of drug-likeness (QED) is 0.939. The minimum Gasteiger partial charge on any atom is -0.371 e. The maximum Gasteiger partial charge on any atom is 0.250 e. The second kappa shape index (κ2) is 5.70. The van der Waals surface area contributed by atoms with Gasteiger partial charge in [0.2, 0.25) is 5.91 Å². The highest BCUT2D eigenvalue weighted by molar-refractivity contribution is 7.14. The largest absolute Gasteiger partial charge is 0.371 e. The number of nitrogens with one attached hydrogen (secondary N) is 1. The molecule has 1 fully saturated rings. The smallest absolute Gasteiger partial charge is 0.250 e. The summed E-state index contributed by atoms with van der Waals surface area (Å²) in [6.07, 6.45) is 4.37. The fraction of sp³-hybridized carbons (Fsp3) is 0.438. The van der Waals surface area contributed by atoms with Crippen molar-refractivity contribution in [2.24, 2.45) is 0 Å². The van der Waals surface area contributed by atoms with Crippen LogP contribution >= 0.6 is 11.3 Å². The predicted molar refractivity (Wildman–Crippen MR) is 90.6 cm³/mol. The number of rotatable bonds is 3. The number of nitriles is 1. The topological polar surface area (TPSA) is 74.0 Å². The van der Waals surface area contributed by atoms with Crippen LogP contribution in [-0.2, 0) is 10.3 Å². The van der Waals surface area contributed by atoms with E-state index in [0.29, 0.717) is 18.5 Å². The Morgan fingerprint density at radius 3 is 2.91 bits per heavy atom. The number of aromatic nitrogens is 2. The van der Waals surface area contributed by atoms with Gasteiger partial charge in [0.25, 0.3) is 0 Å². The molecule has 1 aliphatic heterocycles. The normalized spacial score (nSPS) is 18.3. The molecule has 2 aromatic heterocycles. The van der Waals surface area contributed by atoms with E-state index in [9.17, 15) is 4.79 Å². The fourth-order valence-corrected chi connectivity index (χ4v) is 3.46. The van der Waals surface area contributed by atoms with E-state index in [1.54, 1.807) is 17.2 Å². The number of carbonyl (C=O) groups is 1. The summed E-state index contributed by atoms with van der Waals surface area (Å²) in [5.41, 5.74) is 1.31. The van der Waals surface area contributed by atoms with Crippen molar-refractivity contribution in [2.45, 2.75) is 38.8 Å². The van der Waals surface area contributed by atoms with Crippen molar-refractivity contribution in [3.63, 3.8) is 0 Å². The number of hydrogen-bond acceptors (Lipinski definition) is 5. The first-order valence-electron chi connectivity index (χ1n) is 7.51. The van der Waals surface area contributed by atoms with E-state index in [1.807, 2.05) is 16.3 Å². The zero-order valence-electron chi connectivity index (χ0n) is 13.4. The van der Waals surface area contributed by atoms with Gasteiger partial charge < -0.3 is 10.2 Å². The van der Waals surface area contributed by atoms with Gasteiger partial charge in [-0.1, -0.05) is 0 Å². The molecule has 3 heterocycles. The molecule has 0 aromatic carbocycles. The molecule has 120 valence electrons. The molecular weight excluding hydrogens is 310 g/mol. The highest BCUT2D eigenvalue weighted by Crippen LogP contribution is 2.31. The Kier molecular flexibility index (Phi) is 3.86. The molecule has 0 radical (unpaired) electrons.